The molecule has 1 N–H and O–H groups in total. The zero-order valence-corrected chi connectivity index (χ0v) is 18.0. The second-order valence-corrected chi connectivity index (χ2v) is 9.86. The molecule has 27 heavy (non-hydrogen) atoms. The Morgan fingerprint density at radius 2 is 1.11 bits per heavy atom. The van der Waals surface area contributed by atoms with Gasteiger partial charge >= 0.3 is 0 Å². The minimum atomic E-state index is 0.125. The average Bonchev–Trinajstić information content (AvgIpc) is 2.62. The lowest BCUT2D eigenvalue weighted by molar-refractivity contribution is 0.195. The Balaban J connectivity index is 2.21. The standard InChI is InChI=1S/C25H36N2/c1-24(2,3)21-13-9-7-11-19(21)23(27-17-15-26-16-18-27)20-12-8-10-14-22(20)25(4,5)6/h7-14,23,26H,15-18H2,1-6H3. The molecule has 2 aromatic rings. The minimum absolute atomic E-state index is 0.125. The van der Waals surface area contributed by atoms with E-state index >= 15 is 0 Å². The molecule has 0 unspecified atom stereocenters. The largest absolute Gasteiger partial charge is 0.314 e. The van der Waals surface area contributed by atoms with Gasteiger partial charge in [0.05, 0.1) is 6.04 Å². The molecule has 0 bridgehead atoms. The first-order chi connectivity index (χ1) is 12.7. The van der Waals surface area contributed by atoms with Crippen molar-refractivity contribution < 1.29 is 0 Å². The Morgan fingerprint density at radius 1 is 0.704 bits per heavy atom. The Morgan fingerprint density at radius 3 is 1.52 bits per heavy atom. The van der Waals surface area contributed by atoms with E-state index in [-0.39, 0.29) is 10.8 Å². The van der Waals surface area contributed by atoms with Gasteiger partial charge in [-0.15, -0.1) is 0 Å². The normalized spacial score (nSPS) is 16.7. The molecule has 3 rings (SSSR count). The van der Waals surface area contributed by atoms with Crippen LogP contribution >= 0.6 is 0 Å². The maximum Gasteiger partial charge on any atom is 0.0608 e. The van der Waals surface area contributed by atoms with E-state index in [2.05, 4.69) is 100 Å². The molecule has 1 fully saturated rings. The minimum Gasteiger partial charge on any atom is -0.314 e. The summed E-state index contributed by atoms with van der Waals surface area (Å²) in [5.74, 6) is 0. The van der Waals surface area contributed by atoms with E-state index < -0.39 is 0 Å². The predicted molar refractivity (Wildman–Crippen MR) is 117 cm³/mol. The number of nitrogens with zero attached hydrogens (tertiary/aromatic N) is 1. The molecule has 1 aliphatic rings. The summed E-state index contributed by atoms with van der Waals surface area (Å²) >= 11 is 0. The fourth-order valence-corrected chi connectivity index (χ4v) is 4.34. The first-order valence-corrected chi connectivity index (χ1v) is 10.3. The summed E-state index contributed by atoms with van der Waals surface area (Å²) in [7, 11) is 0. The molecular formula is C25H36N2. The lowest BCUT2D eigenvalue weighted by Crippen LogP contribution is -2.46. The number of hydrogen-bond acceptors (Lipinski definition) is 2. The fraction of sp³-hybridized carbons (Fsp3) is 0.520. The summed E-state index contributed by atoms with van der Waals surface area (Å²) in [6.45, 7) is 18.3. The topological polar surface area (TPSA) is 15.3 Å². The van der Waals surface area contributed by atoms with E-state index in [1.807, 2.05) is 0 Å². The number of benzene rings is 2. The van der Waals surface area contributed by atoms with Crippen molar-refractivity contribution in [3.63, 3.8) is 0 Å². The second kappa shape index (κ2) is 7.77. The number of nitrogens with one attached hydrogen (secondary N) is 1. The van der Waals surface area contributed by atoms with Crippen molar-refractivity contribution >= 4 is 0 Å². The molecule has 0 aliphatic carbocycles. The van der Waals surface area contributed by atoms with Crippen LogP contribution in [0.1, 0.15) is 69.8 Å². The lowest BCUT2D eigenvalue weighted by atomic mass is 9.76. The third-order valence-corrected chi connectivity index (χ3v) is 5.64. The van der Waals surface area contributed by atoms with E-state index in [4.69, 9.17) is 0 Å². The third-order valence-electron chi connectivity index (χ3n) is 5.64. The highest BCUT2D eigenvalue weighted by molar-refractivity contribution is 5.45. The summed E-state index contributed by atoms with van der Waals surface area (Å²) in [6.07, 6.45) is 0. The molecule has 0 radical (unpaired) electrons. The van der Waals surface area contributed by atoms with Crippen LogP contribution in [0.5, 0.6) is 0 Å². The molecular weight excluding hydrogens is 328 g/mol. The molecule has 0 atom stereocenters. The second-order valence-electron chi connectivity index (χ2n) is 9.86. The third kappa shape index (κ3) is 4.44. The Labute approximate surface area is 166 Å². The molecule has 146 valence electrons. The summed E-state index contributed by atoms with van der Waals surface area (Å²) < 4.78 is 0. The van der Waals surface area contributed by atoms with E-state index in [0.717, 1.165) is 26.2 Å². The SMILES string of the molecule is CC(C)(C)c1ccccc1C(c1ccccc1C(C)(C)C)N1CCNCC1. The number of hydrogen-bond donors (Lipinski definition) is 1. The molecule has 0 saturated carbocycles. The smallest absolute Gasteiger partial charge is 0.0608 e. The van der Waals surface area contributed by atoms with Gasteiger partial charge in [-0.25, -0.2) is 0 Å². The van der Waals surface area contributed by atoms with Crippen LogP contribution in [0.4, 0.5) is 0 Å². The van der Waals surface area contributed by atoms with Crippen LogP contribution in [0, 0.1) is 0 Å². The highest BCUT2D eigenvalue weighted by Gasteiger charge is 2.32. The lowest BCUT2D eigenvalue weighted by Gasteiger charge is -2.40. The van der Waals surface area contributed by atoms with Crippen molar-refractivity contribution in [2.75, 3.05) is 26.2 Å². The van der Waals surface area contributed by atoms with Crippen LogP contribution in [-0.2, 0) is 10.8 Å². The average molecular weight is 365 g/mol. The first kappa shape index (κ1) is 20.1. The van der Waals surface area contributed by atoms with Crippen LogP contribution in [0.3, 0.4) is 0 Å². The fourth-order valence-electron chi connectivity index (χ4n) is 4.34. The molecule has 1 heterocycles. The quantitative estimate of drug-likeness (QED) is 0.797. The van der Waals surface area contributed by atoms with Crippen molar-refractivity contribution in [3.05, 3.63) is 70.8 Å². The number of rotatable bonds is 3. The monoisotopic (exact) mass is 364 g/mol. The van der Waals surface area contributed by atoms with Gasteiger partial charge in [0.15, 0.2) is 0 Å². The van der Waals surface area contributed by atoms with Crippen molar-refractivity contribution in [2.24, 2.45) is 0 Å². The molecule has 1 saturated heterocycles. The van der Waals surface area contributed by atoms with Crippen LogP contribution in [0.2, 0.25) is 0 Å². The van der Waals surface area contributed by atoms with Crippen LogP contribution in [-0.4, -0.2) is 31.1 Å². The predicted octanol–water partition coefficient (Wildman–Crippen LogP) is 5.28. The summed E-state index contributed by atoms with van der Waals surface area (Å²) in [5, 5.41) is 3.52. The summed E-state index contributed by atoms with van der Waals surface area (Å²) in [6, 6.07) is 18.5. The van der Waals surface area contributed by atoms with Gasteiger partial charge in [0.2, 0.25) is 0 Å². The zero-order valence-electron chi connectivity index (χ0n) is 18.0. The van der Waals surface area contributed by atoms with Crippen LogP contribution in [0.15, 0.2) is 48.5 Å². The van der Waals surface area contributed by atoms with E-state index in [9.17, 15) is 0 Å². The van der Waals surface area contributed by atoms with Gasteiger partial charge in [0, 0.05) is 26.2 Å². The van der Waals surface area contributed by atoms with E-state index in [1.165, 1.54) is 22.3 Å². The molecule has 2 nitrogen and oxygen atoms in total. The van der Waals surface area contributed by atoms with Gasteiger partial charge in [-0.1, -0.05) is 90.1 Å². The van der Waals surface area contributed by atoms with Gasteiger partial charge < -0.3 is 5.32 Å². The molecule has 0 amide bonds. The summed E-state index contributed by atoms with van der Waals surface area (Å²) in [4.78, 5) is 2.67. The summed E-state index contributed by atoms with van der Waals surface area (Å²) in [5.41, 5.74) is 6.08. The molecule has 2 heteroatoms. The Kier molecular flexibility index (Phi) is 5.79. The molecule has 1 aliphatic heterocycles. The van der Waals surface area contributed by atoms with E-state index in [1.54, 1.807) is 0 Å². The van der Waals surface area contributed by atoms with Crippen molar-refractivity contribution in [2.45, 2.75) is 58.4 Å². The Hall–Kier alpha value is -1.64. The van der Waals surface area contributed by atoms with Gasteiger partial charge in [-0.3, -0.25) is 4.90 Å². The highest BCUT2D eigenvalue weighted by atomic mass is 15.2. The zero-order chi connectivity index (χ0) is 19.7. The van der Waals surface area contributed by atoms with Crippen LogP contribution < -0.4 is 5.32 Å². The van der Waals surface area contributed by atoms with Gasteiger partial charge in [-0.05, 0) is 33.1 Å². The van der Waals surface area contributed by atoms with Gasteiger partial charge in [0.25, 0.3) is 0 Å². The van der Waals surface area contributed by atoms with Crippen molar-refractivity contribution in [1.29, 1.82) is 0 Å². The maximum atomic E-state index is 3.52. The molecule has 0 spiro atoms. The van der Waals surface area contributed by atoms with Gasteiger partial charge in [0.1, 0.15) is 0 Å². The molecule has 0 aromatic heterocycles. The Bertz CT molecular complexity index is 701. The number of piperazine rings is 1. The van der Waals surface area contributed by atoms with Gasteiger partial charge in [-0.2, -0.15) is 0 Å². The maximum absolute atomic E-state index is 3.52. The molecule has 2 aromatic carbocycles. The highest BCUT2D eigenvalue weighted by Crippen LogP contribution is 2.40. The van der Waals surface area contributed by atoms with E-state index in [0.29, 0.717) is 6.04 Å². The van der Waals surface area contributed by atoms with Crippen LogP contribution in [0.25, 0.3) is 0 Å². The van der Waals surface area contributed by atoms with Crippen molar-refractivity contribution in [1.82, 2.24) is 10.2 Å². The van der Waals surface area contributed by atoms with Crippen molar-refractivity contribution in [3.8, 4) is 0 Å². The first-order valence-electron chi connectivity index (χ1n) is 10.3.